The SMILES string of the molecule is C=CCOc1ccc2ccccc2c1-c1c(OCC(=O)C[C@H](CCC[NH+]=C(N)N)C(=O)Nc2cccc(C(=O)OCc3ccccc3)c2)ccc2ccccc12. The summed E-state index contributed by atoms with van der Waals surface area (Å²) in [7, 11) is 0. The maximum absolute atomic E-state index is 13.8. The average molecular weight is 750 g/mol. The maximum Gasteiger partial charge on any atom is 0.338 e. The van der Waals surface area contributed by atoms with Crippen molar-refractivity contribution in [2.24, 2.45) is 17.4 Å². The number of esters is 1. The van der Waals surface area contributed by atoms with Crippen LogP contribution in [0.2, 0.25) is 0 Å². The Hall–Kier alpha value is -6.94. The van der Waals surface area contributed by atoms with Crippen molar-refractivity contribution in [3.63, 3.8) is 0 Å². The normalized spacial score (nSPS) is 11.4. The van der Waals surface area contributed by atoms with E-state index in [-0.39, 0.29) is 42.8 Å². The number of hydrogen-bond donors (Lipinski definition) is 4. The number of carbonyl (C=O) groups is 3. The van der Waals surface area contributed by atoms with E-state index >= 15 is 0 Å². The number of carbonyl (C=O) groups excluding carboxylic acids is 3. The molecular weight excluding hydrogens is 705 g/mol. The van der Waals surface area contributed by atoms with Crippen LogP contribution < -0.4 is 31.3 Å². The third kappa shape index (κ3) is 9.97. The third-order valence-electron chi connectivity index (χ3n) is 9.26. The van der Waals surface area contributed by atoms with Crippen molar-refractivity contribution in [1.29, 1.82) is 0 Å². The number of fused-ring (bicyclic) bond motifs is 2. The lowest BCUT2D eigenvalue weighted by Gasteiger charge is -2.20. The molecule has 6 aromatic rings. The molecule has 0 saturated heterocycles. The number of benzene rings is 6. The van der Waals surface area contributed by atoms with Gasteiger partial charge in [0, 0.05) is 29.2 Å². The average Bonchev–Trinajstić information content (AvgIpc) is 3.22. The monoisotopic (exact) mass is 749 g/mol. The van der Waals surface area contributed by atoms with Crippen LogP contribution in [0.25, 0.3) is 32.7 Å². The summed E-state index contributed by atoms with van der Waals surface area (Å²) in [6, 6.07) is 39.7. The predicted octanol–water partition coefficient (Wildman–Crippen LogP) is 6.31. The van der Waals surface area contributed by atoms with Crippen molar-refractivity contribution in [3.05, 3.63) is 151 Å². The van der Waals surface area contributed by atoms with Gasteiger partial charge < -0.3 is 19.5 Å². The Morgan fingerprint density at radius 3 is 2.05 bits per heavy atom. The lowest BCUT2D eigenvalue weighted by atomic mass is 9.92. The van der Waals surface area contributed by atoms with Gasteiger partial charge in [0.15, 0.2) is 5.78 Å². The molecule has 0 aliphatic heterocycles. The van der Waals surface area contributed by atoms with Crippen LogP contribution in [0, 0.1) is 5.92 Å². The van der Waals surface area contributed by atoms with Crippen LogP contribution in [0.4, 0.5) is 5.69 Å². The highest BCUT2D eigenvalue weighted by Crippen LogP contribution is 2.45. The summed E-state index contributed by atoms with van der Waals surface area (Å²) in [4.78, 5) is 43.2. The molecule has 56 heavy (non-hydrogen) atoms. The first-order chi connectivity index (χ1) is 27.3. The molecule has 1 atom stereocenters. The number of ketones is 1. The number of anilines is 1. The molecule has 0 spiro atoms. The van der Waals surface area contributed by atoms with E-state index in [1.165, 1.54) is 0 Å². The third-order valence-corrected chi connectivity index (χ3v) is 9.26. The van der Waals surface area contributed by atoms with E-state index in [0.29, 0.717) is 43.2 Å². The first kappa shape index (κ1) is 38.8. The van der Waals surface area contributed by atoms with Gasteiger partial charge in [0.25, 0.3) is 0 Å². The second-order valence-corrected chi connectivity index (χ2v) is 13.3. The number of ether oxygens (including phenoxy) is 3. The topological polar surface area (TPSA) is 157 Å². The molecule has 0 aromatic heterocycles. The van der Waals surface area contributed by atoms with Crippen molar-refractivity contribution >= 4 is 50.9 Å². The molecule has 284 valence electrons. The van der Waals surface area contributed by atoms with Gasteiger partial charge in [-0.2, -0.15) is 0 Å². The lowest BCUT2D eigenvalue weighted by molar-refractivity contribution is -0.459. The fourth-order valence-corrected chi connectivity index (χ4v) is 6.58. The van der Waals surface area contributed by atoms with Crippen molar-refractivity contribution in [3.8, 4) is 22.6 Å². The second-order valence-electron chi connectivity index (χ2n) is 13.3. The minimum Gasteiger partial charge on any atom is -0.489 e. The zero-order valence-corrected chi connectivity index (χ0v) is 31.0. The molecule has 0 aliphatic carbocycles. The van der Waals surface area contributed by atoms with Gasteiger partial charge in [-0.1, -0.05) is 110 Å². The number of nitrogens with one attached hydrogen (secondary N) is 2. The van der Waals surface area contributed by atoms with Crippen molar-refractivity contribution in [1.82, 2.24) is 0 Å². The first-order valence-electron chi connectivity index (χ1n) is 18.5. The Bertz CT molecular complexity index is 2370. The number of hydrogen-bond acceptors (Lipinski definition) is 6. The van der Waals surface area contributed by atoms with E-state index in [9.17, 15) is 14.4 Å². The fraction of sp³-hybridized carbons (Fsp3) is 0.174. The van der Waals surface area contributed by atoms with Gasteiger partial charge in [0.05, 0.1) is 12.1 Å². The van der Waals surface area contributed by atoms with E-state index < -0.39 is 11.9 Å². The number of nitrogens with two attached hydrogens (primary N) is 2. The highest BCUT2D eigenvalue weighted by Gasteiger charge is 2.24. The molecule has 10 nitrogen and oxygen atoms in total. The highest BCUT2D eigenvalue weighted by atomic mass is 16.5. The van der Waals surface area contributed by atoms with Crippen LogP contribution in [-0.2, 0) is 20.9 Å². The van der Waals surface area contributed by atoms with Crippen LogP contribution in [-0.4, -0.2) is 43.4 Å². The van der Waals surface area contributed by atoms with E-state index in [4.69, 9.17) is 25.7 Å². The minimum absolute atomic E-state index is 0.0712. The zero-order chi connectivity index (χ0) is 39.3. The molecule has 0 fully saturated rings. The van der Waals surface area contributed by atoms with Crippen LogP contribution >= 0.6 is 0 Å². The van der Waals surface area contributed by atoms with Crippen molar-refractivity contribution < 1.29 is 33.6 Å². The number of rotatable bonds is 18. The van der Waals surface area contributed by atoms with Crippen LogP contribution in [0.5, 0.6) is 11.5 Å². The molecule has 6 aromatic carbocycles. The second kappa shape index (κ2) is 18.9. The summed E-state index contributed by atoms with van der Waals surface area (Å²) >= 11 is 0. The summed E-state index contributed by atoms with van der Waals surface area (Å²) < 4.78 is 18.0. The van der Waals surface area contributed by atoms with E-state index in [0.717, 1.165) is 38.2 Å². The van der Waals surface area contributed by atoms with Gasteiger partial charge in [-0.3, -0.25) is 26.0 Å². The van der Waals surface area contributed by atoms with Crippen LogP contribution in [0.15, 0.2) is 140 Å². The molecule has 0 radical (unpaired) electrons. The first-order valence-corrected chi connectivity index (χ1v) is 18.5. The highest BCUT2D eigenvalue weighted by molar-refractivity contribution is 6.10. The number of amides is 1. The van der Waals surface area contributed by atoms with E-state index in [1.54, 1.807) is 30.3 Å². The van der Waals surface area contributed by atoms with Gasteiger partial charge in [0.1, 0.15) is 31.3 Å². The van der Waals surface area contributed by atoms with Crippen LogP contribution in [0.3, 0.4) is 0 Å². The molecule has 0 heterocycles. The van der Waals surface area contributed by atoms with Gasteiger partial charge in [0.2, 0.25) is 5.91 Å². The Morgan fingerprint density at radius 2 is 1.39 bits per heavy atom. The summed E-state index contributed by atoms with van der Waals surface area (Å²) in [5.41, 5.74) is 14.3. The van der Waals surface area contributed by atoms with Gasteiger partial charge >= 0.3 is 11.9 Å². The van der Waals surface area contributed by atoms with E-state index in [2.05, 4.69) is 16.9 Å². The lowest BCUT2D eigenvalue weighted by Crippen LogP contribution is -2.78. The predicted molar refractivity (Wildman–Crippen MR) is 220 cm³/mol. The Balaban J connectivity index is 1.21. The van der Waals surface area contributed by atoms with Crippen molar-refractivity contribution in [2.75, 3.05) is 25.1 Å². The maximum atomic E-state index is 13.8. The molecule has 6 rings (SSSR count). The van der Waals surface area contributed by atoms with Gasteiger partial charge in [-0.25, -0.2) is 4.79 Å². The van der Waals surface area contributed by atoms with Crippen LogP contribution in [0.1, 0.15) is 35.2 Å². The minimum atomic E-state index is -0.714. The van der Waals surface area contributed by atoms with Crippen molar-refractivity contribution in [2.45, 2.75) is 25.9 Å². The molecular formula is C46H45N4O6+. The summed E-state index contributed by atoms with van der Waals surface area (Å²) in [6.45, 7) is 4.40. The van der Waals surface area contributed by atoms with Gasteiger partial charge in [-0.05, 0) is 70.3 Å². The Kier molecular flexibility index (Phi) is 13.1. The quantitative estimate of drug-likeness (QED) is 0.0262. The standard InChI is InChI=1S/C46H44N4O6/c1-2-26-54-40-23-21-32-14-6-8-19-38(32)42(40)43-39-20-9-7-15-33(39)22-24-41(43)55-30-37(51)28-34(17-11-25-49-46(47)48)44(52)50-36-18-10-16-35(27-36)45(53)56-29-31-12-4-3-5-13-31/h2-10,12-16,18-24,27,34H,1,11,17,25-26,28-30H2,(H,50,52)(H4,47,48,49)/p+1/t34-/m0/s1. The number of guanidine groups is 1. The molecule has 0 aliphatic rings. The Morgan fingerprint density at radius 1 is 0.750 bits per heavy atom. The van der Waals surface area contributed by atoms with E-state index in [1.807, 2.05) is 103 Å². The largest absolute Gasteiger partial charge is 0.489 e. The summed E-state index contributed by atoms with van der Waals surface area (Å²) in [5.74, 6) is -0.634. The Labute approximate surface area is 325 Å². The molecule has 10 heteroatoms. The molecule has 0 unspecified atom stereocenters. The summed E-state index contributed by atoms with van der Waals surface area (Å²) in [6.07, 6.45) is 2.48. The van der Waals surface area contributed by atoms with Gasteiger partial charge in [-0.15, -0.1) is 0 Å². The molecule has 6 N–H and O–H groups in total. The summed E-state index contributed by atoms with van der Waals surface area (Å²) in [5, 5.41) is 6.82. The molecule has 0 saturated carbocycles. The fourth-order valence-electron chi connectivity index (χ4n) is 6.58. The molecule has 0 bridgehead atoms. The smallest absolute Gasteiger partial charge is 0.338 e. The zero-order valence-electron chi connectivity index (χ0n) is 31.0. The molecule has 1 amide bonds. The number of Topliss-reactive ketones (excluding diaryl/α,β-unsaturated/α-hetero) is 1.